The van der Waals surface area contributed by atoms with Gasteiger partial charge in [-0.3, -0.25) is 9.78 Å². The molecule has 0 aliphatic rings. The molecule has 4 rings (SSSR count). The van der Waals surface area contributed by atoms with Crippen molar-refractivity contribution < 1.29 is 4.79 Å². The number of carbonyl (C=O) groups is 1. The molecule has 7 nitrogen and oxygen atoms in total. The van der Waals surface area contributed by atoms with E-state index in [2.05, 4.69) is 25.0 Å². The van der Waals surface area contributed by atoms with Crippen LogP contribution in [0.5, 0.6) is 0 Å². The van der Waals surface area contributed by atoms with Crippen molar-refractivity contribution >= 4 is 11.6 Å². The van der Waals surface area contributed by atoms with Crippen LogP contribution in [0.3, 0.4) is 0 Å². The number of nitrogens with one attached hydrogen (secondary N) is 1. The third-order valence-electron chi connectivity index (χ3n) is 4.89. The highest BCUT2D eigenvalue weighted by molar-refractivity contribution is 6.05. The van der Waals surface area contributed by atoms with Crippen molar-refractivity contribution in [1.29, 1.82) is 0 Å². The van der Waals surface area contributed by atoms with Crippen LogP contribution < -0.4 is 5.32 Å². The summed E-state index contributed by atoms with van der Waals surface area (Å²) in [5, 5.41) is 7.09. The van der Waals surface area contributed by atoms with Gasteiger partial charge in [-0.15, -0.1) is 0 Å². The van der Waals surface area contributed by atoms with Crippen LogP contribution in [0.15, 0.2) is 67.4 Å². The van der Waals surface area contributed by atoms with Crippen LogP contribution in [0.25, 0.3) is 0 Å². The maximum absolute atomic E-state index is 12.8. The largest absolute Gasteiger partial charge is 0.342 e. The molecule has 0 aliphatic carbocycles. The van der Waals surface area contributed by atoms with Gasteiger partial charge in [0.15, 0.2) is 0 Å². The van der Waals surface area contributed by atoms with Crippen molar-refractivity contribution in [1.82, 2.24) is 24.3 Å². The van der Waals surface area contributed by atoms with Crippen molar-refractivity contribution in [3.05, 3.63) is 95.6 Å². The lowest BCUT2D eigenvalue weighted by Crippen LogP contribution is -2.14. The number of benzene rings is 1. The molecule has 0 saturated carbocycles. The van der Waals surface area contributed by atoms with Crippen molar-refractivity contribution in [3.63, 3.8) is 0 Å². The number of nitrogens with zero attached hydrogens (tertiary/aromatic N) is 5. The van der Waals surface area contributed by atoms with Gasteiger partial charge >= 0.3 is 0 Å². The lowest BCUT2D eigenvalue weighted by molar-refractivity contribution is 0.102. The van der Waals surface area contributed by atoms with E-state index in [1.54, 1.807) is 17.2 Å². The van der Waals surface area contributed by atoms with E-state index in [1.807, 2.05) is 62.4 Å². The maximum Gasteiger partial charge on any atom is 0.257 e. The average Bonchev–Trinajstić information content (AvgIpc) is 3.34. The Morgan fingerprint density at radius 1 is 1.07 bits per heavy atom. The number of pyridine rings is 1. The number of rotatable bonds is 6. The van der Waals surface area contributed by atoms with Crippen molar-refractivity contribution in [2.24, 2.45) is 0 Å². The number of aromatic nitrogens is 5. The minimum Gasteiger partial charge on any atom is -0.342 e. The summed E-state index contributed by atoms with van der Waals surface area (Å²) < 4.78 is 3.86. The van der Waals surface area contributed by atoms with E-state index >= 15 is 0 Å². The first-order chi connectivity index (χ1) is 14.1. The molecule has 0 saturated heterocycles. The fourth-order valence-corrected chi connectivity index (χ4v) is 3.32. The van der Waals surface area contributed by atoms with E-state index in [0.29, 0.717) is 18.7 Å². The number of hydrogen-bond acceptors (Lipinski definition) is 4. The standard InChI is InChI=1S/C22H22N6O/c1-16-11-21(17(2)28(16)13-20-5-3-4-10-24-20)22(29)26-19-8-6-18(7-9-19)12-27-15-23-14-25-27/h3-11,14-15H,12-13H2,1-2H3,(H,26,29). The summed E-state index contributed by atoms with van der Waals surface area (Å²) in [6, 6.07) is 15.5. The molecule has 0 unspecified atom stereocenters. The Bertz CT molecular complexity index is 1100. The second-order valence-corrected chi connectivity index (χ2v) is 6.94. The number of carbonyl (C=O) groups excluding carboxylic acids is 1. The second kappa shape index (κ2) is 8.10. The van der Waals surface area contributed by atoms with Gasteiger partial charge < -0.3 is 9.88 Å². The minimum absolute atomic E-state index is 0.116. The highest BCUT2D eigenvalue weighted by Gasteiger charge is 2.16. The normalized spacial score (nSPS) is 10.8. The monoisotopic (exact) mass is 386 g/mol. The zero-order chi connectivity index (χ0) is 20.2. The Morgan fingerprint density at radius 2 is 1.90 bits per heavy atom. The van der Waals surface area contributed by atoms with E-state index in [-0.39, 0.29) is 5.91 Å². The maximum atomic E-state index is 12.8. The molecule has 0 radical (unpaired) electrons. The fourth-order valence-electron chi connectivity index (χ4n) is 3.32. The van der Waals surface area contributed by atoms with Gasteiger partial charge in [-0.25, -0.2) is 9.67 Å². The van der Waals surface area contributed by atoms with Crippen LogP contribution in [0.1, 0.15) is 33.0 Å². The Morgan fingerprint density at radius 3 is 2.59 bits per heavy atom. The van der Waals surface area contributed by atoms with Crippen molar-refractivity contribution in [2.75, 3.05) is 5.32 Å². The molecule has 3 heterocycles. The van der Waals surface area contributed by atoms with E-state index in [9.17, 15) is 4.79 Å². The lowest BCUT2D eigenvalue weighted by Gasteiger charge is -2.10. The molecule has 29 heavy (non-hydrogen) atoms. The molecule has 0 atom stereocenters. The number of aryl methyl sites for hydroxylation is 1. The van der Waals surface area contributed by atoms with E-state index in [0.717, 1.165) is 28.3 Å². The molecule has 1 N–H and O–H groups in total. The van der Waals surface area contributed by atoms with Gasteiger partial charge in [0.25, 0.3) is 5.91 Å². The summed E-state index contributed by atoms with van der Waals surface area (Å²) in [7, 11) is 0. The van der Waals surface area contributed by atoms with Gasteiger partial charge in [-0.2, -0.15) is 5.10 Å². The summed E-state index contributed by atoms with van der Waals surface area (Å²) in [5.41, 5.74) is 5.43. The van der Waals surface area contributed by atoms with Crippen LogP contribution in [0.4, 0.5) is 5.69 Å². The predicted octanol–water partition coefficient (Wildman–Crippen LogP) is 3.44. The highest BCUT2D eigenvalue weighted by atomic mass is 16.1. The molecule has 7 heteroatoms. The molecule has 0 aliphatic heterocycles. The van der Waals surface area contributed by atoms with E-state index in [4.69, 9.17) is 0 Å². The summed E-state index contributed by atoms with van der Waals surface area (Å²) in [6.45, 7) is 5.25. The summed E-state index contributed by atoms with van der Waals surface area (Å²) in [6.07, 6.45) is 4.97. The molecule has 1 amide bonds. The van der Waals surface area contributed by atoms with Gasteiger partial charge in [0.2, 0.25) is 0 Å². The molecule has 1 aromatic carbocycles. The Labute approximate surface area is 169 Å². The highest BCUT2D eigenvalue weighted by Crippen LogP contribution is 2.19. The molecule has 0 bridgehead atoms. The van der Waals surface area contributed by atoms with Gasteiger partial charge in [0.1, 0.15) is 12.7 Å². The first kappa shape index (κ1) is 18.6. The van der Waals surface area contributed by atoms with Crippen LogP contribution >= 0.6 is 0 Å². The topological polar surface area (TPSA) is 77.6 Å². The quantitative estimate of drug-likeness (QED) is 0.551. The van der Waals surface area contributed by atoms with Crippen LogP contribution in [-0.2, 0) is 13.1 Å². The van der Waals surface area contributed by atoms with E-state index in [1.165, 1.54) is 6.33 Å². The summed E-state index contributed by atoms with van der Waals surface area (Å²) in [5.74, 6) is -0.116. The number of amides is 1. The third kappa shape index (κ3) is 4.24. The molecule has 4 aromatic rings. The molecular formula is C22H22N6O. The van der Waals surface area contributed by atoms with Gasteiger partial charge in [-0.05, 0) is 49.7 Å². The Hall–Kier alpha value is -3.74. The van der Waals surface area contributed by atoms with Gasteiger partial charge in [0, 0.05) is 23.3 Å². The molecule has 146 valence electrons. The predicted molar refractivity (Wildman–Crippen MR) is 111 cm³/mol. The summed E-state index contributed by atoms with van der Waals surface area (Å²) in [4.78, 5) is 21.2. The number of anilines is 1. The zero-order valence-electron chi connectivity index (χ0n) is 16.4. The zero-order valence-corrected chi connectivity index (χ0v) is 16.4. The smallest absolute Gasteiger partial charge is 0.257 e. The first-order valence-electron chi connectivity index (χ1n) is 9.39. The third-order valence-corrected chi connectivity index (χ3v) is 4.89. The Kier molecular flexibility index (Phi) is 5.20. The van der Waals surface area contributed by atoms with Crippen LogP contribution in [-0.4, -0.2) is 30.2 Å². The average molecular weight is 386 g/mol. The van der Waals surface area contributed by atoms with Crippen LogP contribution in [0, 0.1) is 13.8 Å². The van der Waals surface area contributed by atoms with Gasteiger partial charge in [0.05, 0.1) is 24.3 Å². The molecule has 3 aromatic heterocycles. The first-order valence-corrected chi connectivity index (χ1v) is 9.39. The molecular weight excluding hydrogens is 364 g/mol. The lowest BCUT2D eigenvalue weighted by atomic mass is 10.2. The fraction of sp³-hybridized carbons (Fsp3) is 0.182. The van der Waals surface area contributed by atoms with Crippen molar-refractivity contribution in [3.8, 4) is 0 Å². The van der Waals surface area contributed by atoms with Crippen molar-refractivity contribution in [2.45, 2.75) is 26.9 Å². The summed E-state index contributed by atoms with van der Waals surface area (Å²) >= 11 is 0. The minimum atomic E-state index is -0.116. The SMILES string of the molecule is Cc1cc(C(=O)Nc2ccc(Cn3cncn3)cc2)c(C)n1Cc1ccccn1. The van der Waals surface area contributed by atoms with Gasteiger partial charge in [-0.1, -0.05) is 18.2 Å². The van der Waals surface area contributed by atoms with E-state index < -0.39 is 0 Å². The van der Waals surface area contributed by atoms with Crippen LogP contribution in [0.2, 0.25) is 0 Å². The second-order valence-electron chi connectivity index (χ2n) is 6.94. The number of hydrogen-bond donors (Lipinski definition) is 1. The molecule has 0 spiro atoms. The Balaban J connectivity index is 1.46. The molecule has 0 fully saturated rings.